The van der Waals surface area contributed by atoms with Gasteiger partial charge < -0.3 is 15.2 Å². The minimum absolute atomic E-state index is 0.517. The van der Waals surface area contributed by atoms with Crippen LogP contribution in [0.1, 0.15) is 18.4 Å². The van der Waals surface area contributed by atoms with E-state index in [2.05, 4.69) is 29.6 Å². The van der Waals surface area contributed by atoms with Gasteiger partial charge in [-0.25, -0.2) is 0 Å². The normalized spacial score (nSPS) is 13.8. The number of benzene rings is 2. The molecule has 2 aromatic rings. The van der Waals surface area contributed by atoms with Crippen LogP contribution in [0.25, 0.3) is 0 Å². The predicted octanol–water partition coefficient (Wildman–Crippen LogP) is 3.38. The lowest BCUT2D eigenvalue weighted by molar-refractivity contribution is 0.569. The molecule has 1 aliphatic rings. The summed E-state index contributed by atoms with van der Waals surface area (Å²) in [6.45, 7) is 2.50. The number of nitrogens with one attached hydrogen (secondary N) is 1. The molecule has 108 valence electrons. The van der Waals surface area contributed by atoms with Gasteiger partial charge in [-0.2, -0.15) is 0 Å². The molecule has 0 aromatic heterocycles. The number of para-hydroxylation sites is 1. The Morgan fingerprint density at radius 2 is 1.76 bits per heavy atom. The Bertz CT molecular complexity index is 567. The lowest BCUT2D eigenvalue weighted by atomic mass is 9.83. The lowest BCUT2D eigenvalue weighted by Crippen LogP contribution is -2.36. The zero-order chi connectivity index (χ0) is 14.7. The van der Waals surface area contributed by atoms with Crippen molar-refractivity contribution in [3.8, 4) is 0 Å². The SMILES string of the molecule is CB(O)N(Cc1ccc(NC2CC2)cc1)c1ccccc1. The highest BCUT2D eigenvalue weighted by atomic mass is 16.2. The van der Waals surface area contributed by atoms with E-state index in [-0.39, 0.29) is 0 Å². The molecule has 2 N–H and O–H groups in total. The van der Waals surface area contributed by atoms with E-state index in [0.717, 1.165) is 5.69 Å². The van der Waals surface area contributed by atoms with E-state index in [9.17, 15) is 5.02 Å². The maximum atomic E-state index is 10.0. The van der Waals surface area contributed by atoms with Crippen LogP contribution in [0.3, 0.4) is 0 Å². The summed E-state index contributed by atoms with van der Waals surface area (Å²) in [5.41, 5.74) is 3.42. The largest absolute Gasteiger partial charge is 0.432 e. The second-order valence-electron chi connectivity index (χ2n) is 5.71. The summed E-state index contributed by atoms with van der Waals surface area (Å²) in [7, 11) is -0.517. The molecule has 0 amide bonds. The molecular formula is C17H21BN2O. The van der Waals surface area contributed by atoms with E-state index in [1.807, 2.05) is 35.1 Å². The van der Waals surface area contributed by atoms with Gasteiger partial charge in [0, 0.05) is 24.0 Å². The van der Waals surface area contributed by atoms with Crippen LogP contribution in [0, 0.1) is 0 Å². The van der Waals surface area contributed by atoms with Crippen molar-refractivity contribution >= 4 is 18.4 Å². The molecule has 0 saturated heterocycles. The fourth-order valence-electron chi connectivity index (χ4n) is 2.43. The molecule has 4 heteroatoms. The summed E-state index contributed by atoms with van der Waals surface area (Å²) in [6, 6.07) is 19.2. The van der Waals surface area contributed by atoms with Crippen molar-refractivity contribution in [1.29, 1.82) is 0 Å². The van der Waals surface area contributed by atoms with Crippen LogP contribution >= 0.6 is 0 Å². The monoisotopic (exact) mass is 280 g/mol. The molecule has 0 radical (unpaired) electrons. The first-order valence-corrected chi connectivity index (χ1v) is 7.57. The first-order valence-electron chi connectivity index (χ1n) is 7.57. The highest BCUT2D eigenvalue weighted by Gasteiger charge is 2.21. The molecule has 1 saturated carbocycles. The minimum atomic E-state index is -0.517. The summed E-state index contributed by atoms with van der Waals surface area (Å²) in [5, 5.41) is 13.5. The van der Waals surface area contributed by atoms with Crippen LogP contribution < -0.4 is 10.1 Å². The van der Waals surface area contributed by atoms with Gasteiger partial charge in [0.05, 0.1) is 0 Å². The van der Waals surface area contributed by atoms with Gasteiger partial charge in [-0.1, -0.05) is 30.3 Å². The molecule has 1 aliphatic carbocycles. The van der Waals surface area contributed by atoms with Crippen LogP contribution in [-0.4, -0.2) is 18.1 Å². The smallest absolute Gasteiger partial charge is 0.409 e. The van der Waals surface area contributed by atoms with Crippen LogP contribution in [0.15, 0.2) is 54.6 Å². The number of nitrogens with zero attached hydrogens (tertiary/aromatic N) is 1. The molecule has 0 unspecified atom stereocenters. The van der Waals surface area contributed by atoms with Crippen molar-refractivity contribution in [3.05, 3.63) is 60.2 Å². The molecule has 0 aliphatic heterocycles. The zero-order valence-electron chi connectivity index (χ0n) is 12.4. The molecule has 1 fully saturated rings. The number of hydrogen-bond acceptors (Lipinski definition) is 3. The fourth-order valence-corrected chi connectivity index (χ4v) is 2.43. The number of hydrogen-bond donors (Lipinski definition) is 2. The summed E-state index contributed by atoms with van der Waals surface area (Å²) in [5.74, 6) is 0. The van der Waals surface area contributed by atoms with E-state index in [1.165, 1.54) is 24.1 Å². The lowest BCUT2D eigenvalue weighted by Gasteiger charge is -2.26. The maximum absolute atomic E-state index is 10.0. The standard InChI is InChI=1S/C17H21BN2O/c1-18(21)20(17-5-3-2-4-6-17)13-14-7-9-15(10-8-14)19-16-11-12-16/h2-10,16,19,21H,11-13H2,1H3. The van der Waals surface area contributed by atoms with Gasteiger partial charge in [-0.3, -0.25) is 0 Å². The summed E-state index contributed by atoms with van der Waals surface area (Å²) in [4.78, 5) is 1.99. The molecule has 21 heavy (non-hydrogen) atoms. The number of rotatable bonds is 6. The Labute approximate surface area is 126 Å². The van der Waals surface area contributed by atoms with Gasteiger partial charge in [0.25, 0.3) is 0 Å². The molecule has 0 atom stereocenters. The summed E-state index contributed by atoms with van der Waals surface area (Å²) < 4.78 is 0. The average Bonchev–Trinajstić information content (AvgIpc) is 3.31. The quantitative estimate of drug-likeness (QED) is 0.796. The fraction of sp³-hybridized carbons (Fsp3) is 0.294. The first kappa shape index (κ1) is 14.0. The highest BCUT2D eigenvalue weighted by molar-refractivity contribution is 6.53. The van der Waals surface area contributed by atoms with Crippen molar-refractivity contribution in [2.45, 2.75) is 32.3 Å². The Balaban J connectivity index is 1.70. The van der Waals surface area contributed by atoms with Crippen LogP contribution in [0.4, 0.5) is 11.4 Å². The van der Waals surface area contributed by atoms with Gasteiger partial charge >= 0.3 is 7.05 Å². The molecule has 2 aromatic carbocycles. The highest BCUT2D eigenvalue weighted by Crippen LogP contribution is 2.25. The van der Waals surface area contributed by atoms with E-state index in [0.29, 0.717) is 12.6 Å². The van der Waals surface area contributed by atoms with Crippen LogP contribution in [-0.2, 0) is 6.54 Å². The summed E-state index contributed by atoms with van der Waals surface area (Å²) >= 11 is 0. The second-order valence-corrected chi connectivity index (χ2v) is 5.71. The van der Waals surface area contributed by atoms with Crippen molar-refractivity contribution in [2.75, 3.05) is 10.1 Å². The third kappa shape index (κ3) is 3.79. The predicted molar refractivity (Wildman–Crippen MR) is 89.5 cm³/mol. The third-order valence-electron chi connectivity index (χ3n) is 3.79. The van der Waals surface area contributed by atoms with Crippen molar-refractivity contribution in [2.24, 2.45) is 0 Å². The first-order chi connectivity index (χ1) is 10.2. The van der Waals surface area contributed by atoms with Gasteiger partial charge in [0.15, 0.2) is 0 Å². The Kier molecular flexibility index (Phi) is 4.16. The third-order valence-corrected chi connectivity index (χ3v) is 3.79. The molecule has 0 spiro atoms. The van der Waals surface area contributed by atoms with E-state index < -0.39 is 7.05 Å². The Morgan fingerprint density at radius 3 is 2.33 bits per heavy atom. The van der Waals surface area contributed by atoms with Crippen LogP contribution in [0.5, 0.6) is 0 Å². The maximum Gasteiger partial charge on any atom is 0.409 e. The molecular weight excluding hydrogens is 259 g/mol. The Morgan fingerprint density at radius 1 is 1.10 bits per heavy atom. The molecule has 0 heterocycles. The zero-order valence-corrected chi connectivity index (χ0v) is 12.4. The molecule has 3 nitrogen and oxygen atoms in total. The van der Waals surface area contributed by atoms with Crippen molar-refractivity contribution < 1.29 is 5.02 Å². The van der Waals surface area contributed by atoms with Gasteiger partial charge in [-0.05, 0) is 49.5 Å². The van der Waals surface area contributed by atoms with Crippen molar-refractivity contribution in [3.63, 3.8) is 0 Å². The van der Waals surface area contributed by atoms with E-state index >= 15 is 0 Å². The molecule has 3 rings (SSSR count). The van der Waals surface area contributed by atoms with E-state index in [4.69, 9.17) is 0 Å². The van der Waals surface area contributed by atoms with Crippen LogP contribution in [0.2, 0.25) is 6.82 Å². The number of anilines is 2. The second kappa shape index (κ2) is 6.23. The van der Waals surface area contributed by atoms with Gasteiger partial charge in [0.2, 0.25) is 0 Å². The van der Waals surface area contributed by atoms with Crippen molar-refractivity contribution in [1.82, 2.24) is 0 Å². The topological polar surface area (TPSA) is 35.5 Å². The Hall–Kier alpha value is -1.94. The summed E-state index contributed by atoms with van der Waals surface area (Å²) in [6.07, 6.45) is 2.57. The average molecular weight is 280 g/mol. The van der Waals surface area contributed by atoms with Gasteiger partial charge in [0.1, 0.15) is 0 Å². The minimum Gasteiger partial charge on any atom is -0.432 e. The molecule has 0 bridgehead atoms. The van der Waals surface area contributed by atoms with Gasteiger partial charge in [-0.15, -0.1) is 0 Å². The van der Waals surface area contributed by atoms with E-state index in [1.54, 1.807) is 6.82 Å².